The highest BCUT2D eigenvalue weighted by Gasteiger charge is 2.02. The summed E-state index contributed by atoms with van der Waals surface area (Å²) in [5.41, 5.74) is 3.00. The van der Waals surface area contributed by atoms with Gasteiger partial charge in [-0.1, -0.05) is 0 Å². The number of hydrogen-bond donors (Lipinski definition) is 0. The second-order valence-corrected chi connectivity index (χ2v) is 2.70. The first-order valence-corrected chi connectivity index (χ1v) is 3.59. The van der Waals surface area contributed by atoms with Gasteiger partial charge in [0.1, 0.15) is 11.3 Å². The fourth-order valence-corrected chi connectivity index (χ4v) is 1.18. The normalized spacial score (nSPS) is 10.7. The highest BCUT2D eigenvalue weighted by atomic mass is 16.3. The molecule has 56 valence electrons. The van der Waals surface area contributed by atoms with Crippen molar-refractivity contribution < 1.29 is 4.42 Å². The fraction of sp³-hybridized carbons (Fsp3) is 0.222. The summed E-state index contributed by atoms with van der Waals surface area (Å²) in [5.74, 6) is 0.918. The summed E-state index contributed by atoms with van der Waals surface area (Å²) in [6.45, 7) is 3.95. The van der Waals surface area contributed by atoms with Gasteiger partial charge >= 0.3 is 0 Å². The monoisotopic (exact) mass is 147 g/mol. The van der Waals surface area contributed by atoms with Crippen LogP contribution in [0.25, 0.3) is 11.1 Å². The minimum absolute atomic E-state index is 0.907. The van der Waals surface area contributed by atoms with Gasteiger partial charge in [0, 0.05) is 12.3 Å². The number of aromatic nitrogens is 1. The van der Waals surface area contributed by atoms with Gasteiger partial charge in [-0.05, 0) is 25.5 Å². The molecular formula is C9H9NO. The fourth-order valence-electron chi connectivity index (χ4n) is 1.18. The quantitative estimate of drug-likeness (QED) is 0.572. The average molecular weight is 147 g/mol. The van der Waals surface area contributed by atoms with E-state index in [4.69, 9.17) is 4.42 Å². The first kappa shape index (κ1) is 6.40. The Morgan fingerprint density at radius 1 is 1.36 bits per heavy atom. The van der Waals surface area contributed by atoms with Crippen LogP contribution >= 0.6 is 0 Å². The van der Waals surface area contributed by atoms with E-state index in [1.165, 1.54) is 0 Å². The molecule has 0 aliphatic rings. The average Bonchev–Trinajstić information content (AvgIpc) is 2.31. The molecule has 0 aliphatic heterocycles. The van der Waals surface area contributed by atoms with E-state index in [0.29, 0.717) is 0 Å². The first-order valence-electron chi connectivity index (χ1n) is 3.59. The number of nitrogens with zero attached hydrogens (tertiary/aromatic N) is 1. The van der Waals surface area contributed by atoms with Crippen molar-refractivity contribution in [2.45, 2.75) is 13.8 Å². The zero-order valence-electron chi connectivity index (χ0n) is 6.59. The molecule has 0 fully saturated rings. The minimum atomic E-state index is 0.907. The van der Waals surface area contributed by atoms with Crippen molar-refractivity contribution >= 4 is 11.1 Å². The van der Waals surface area contributed by atoms with E-state index >= 15 is 0 Å². The van der Waals surface area contributed by atoms with E-state index in [1.54, 1.807) is 6.20 Å². The highest BCUT2D eigenvalue weighted by molar-refractivity contribution is 5.76. The van der Waals surface area contributed by atoms with Crippen molar-refractivity contribution in [1.29, 1.82) is 0 Å². The van der Waals surface area contributed by atoms with Crippen LogP contribution < -0.4 is 0 Å². The van der Waals surface area contributed by atoms with Gasteiger partial charge in [0.15, 0.2) is 5.58 Å². The largest absolute Gasteiger partial charge is 0.459 e. The molecule has 0 unspecified atom stereocenters. The van der Waals surface area contributed by atoms with E-state index < -0.39 is 0 Å². The molecule has 2 aromatic heterocycles. The van der Waals surface area contributed by atoms with Crippen molar-refractivity contribution in [3.8, 4) is 0 Å². The number of hydrogen-bond acceptors (Lipinski definition) is 2. The Labute approximate surface area is 64.9 Å². The van der Waals surface area contributed by atoms with Gasteiger partial charge in [-0.15, -0.1) is 0 Å². The number of fused-ring (bicyclic) bond motifs is 1. The zero-order valence-corrected chi connectivity index (χ0v) is 6.59. The van der Waals surface area contributed by atoms with Crippen molar-refractivity contribution in [3.05, 3.63) is 29.7 Å². The van der Waals surface area contributed by atoms with Crippen LogP contribution in [-0.2, 0) is 0 Å². The topological polar surface area (TPSA) is 26.0 Å². The standard InChI is InChI=1S/C9H9NO/c1-6-3-4-10-8-5-7(2)11-9(6)8/h3-5H,1-2H3. The van der Waals surface area contributed by atoms with Crippen LogP contribution in [0.1, 0.15) is 11.3 Å². The zero-order chi connectivity index (χ0) is 7.84. The summed E-state index contributed by atoms with van der Waals surface area (Å²) in [7, 11) is 0. The molecule has 0 N–H and O–H groups in total. The van der Waals surface area contributed by atoms with Gasteiger partial charge in [-0.2, -0.15) is 0 Å². The van der Waals surface area contributed by atoms with Gasteiger partial charge in [-0.3, -0.25) is 4.98 Å². The maximum Gasteiger partial charge on any atom is 0.155 e. The van der Waals surface area contributed by atoms with Crippen molar-refractivity contribution in [1.82, 2.24) is 4.98 Å². The second kappa shape index (κ2) is 2.09. The molecule has 0 radical (unpaired) electrons. The Bertz CT molecular complexity index is 389. The Morgan fingerprint density at radius 3 is 2.91 bits per heavy atom. The van der Waals surface area contributed by atoms with Crippen LogP contribution in [0.5, 0.6) is 0 Å². The van der Waals surface area contributed by atoms with Crippen molar-refractivity contribution in [2.24, 2.45) is 0 Å². The van der Waals surface area contributed by atoms with Crippen LogP contribution in [-0.4, -0.2) is 4.98 Å². The predicted molar refractivity (Wildman–Crippen MR) is 43.5 cm³/mol. The second-order valence-electron chi connectivity index (χ2n) is 2.70. The number of aryl methyl sites for hydroxylation is 2. The lowest BCUT2D eigenvalue weighted by Gasteiger charge is -1.90. The molecule has 0 spiro atoms. The van der Waals surface area contributed by atoms with Crippen LogP contribution in [0.3, 0.4) is 0 Å². The lowest BCUT2D eigenvalue weighted by Crippen LogP contribution is -1.74. The molecule has 2 aromatic rings. The maximum atomic E-state index is 5.44. The Morgan fingerprint density at radius 2 is 2.18 bits per heavy atom. The SMILES string of the molecule is Cc1cc2nccc(C)c2o1. The maximum absolute atomic E-state index is 5.44. The molecule has 0 amide bonds. The molecule has 0 aliphatic carbocycles. The molecule has 2 rings (SSSR count). The molecule has 2 nitrogen and oxygen atoms in total. The van der Waals surface area contributed by atoms with Crippen molar-refractivity contribution in [2.75, 3.05) is 0 Å². The Balaban J connectivity index is 2.90. The highest BCUT2D eigenvalue weighted by Crippen LogP contribution is 2.19. The lowest BCUT2D eigenvalue weighted by atomic mass is 10.2. The molecule has 0 saturated heterocycles. The van der Waals surface area contributed by atoms with Crippen molar-refractivity contribution in [3.63, 3.8) is 0 Å². The first-order chi connectivity index (χ1) is 5.27. The molecule has 0 aromatic carbocycles. The van der Waals surface area contributed by atoms with Gasteiger partial charge in [0.05, 0.1) is 0 Å². The predicted octanol–water partition coefficient (Wildman–Crippen LogP) is 2.44. The van der Waals surface area contributed by atoms with Gasteiger partial charge in [0.25, 0.3) is 0 Å². The third-order valence-corrected chi connectivity index (χ3v) is 1.73. The van der Waals surface area contributed by atoms with Gasteiger partial charge < -0.3 is 4.42 Å². The summed E-state index contributed by atoms with van der Waals surface area (Å²) < 4.78 is 5.44. The van der Waals surface area contributed by atoms with Crippen LogP contribution in [0.2, 0.25) is 0 Å². The molecule has 0 saturated carbocycles. The summed E-state index contributed by atoms with van der Waals surface area (Å²) in [6.07, 6.45) is 1.80. The molecule has 11 heavy (non-hydrogen) atoms. The third-order valence-electron chi connectivity index (χ3n) is 1.73. The van der Waals surface area contributed by atoms with E-state index in [9.17, 15) is 0 Å². The lowest BCUT2D eigenvalue weighted by molar-refractivity contribution is 0.576. The number of rotatable bonds is 0. The molecule has 0 atom stereocenters. The van der Waals surface area contributed by atoms with E-state index in [0.717, 1.165) is 22.4 Å². The number of furan rings is 1. The van der Waals surface area contributed by atoms with E-state index in [1.807, 2.05) is 26.0 Å². The molecule has 2 heterocycles. The van der Waals surface area contributed by atoms with E-state index in [2.05, 4.69) is 4.98 Å². The summed E-state index contributed by atoms with van der Waals surface area (Å²) in [4.78, 5) is 4.17. The summed E-state index contributed by atoms with van der Waals surface area (Å²) in [6, 6.07) is 3.90. The van der Waals surface area contributed by atoms with Crippen LogP contribution in [0, 0.1) is 13.8 Å². The van der Waals surface area contributed by atoms with Gasteiger partial charge in [-0.25, -0.2) is 0 Å². The Kier molecular flexibility index (Phi) is 1.22. The third kappa shape index (κ3) is 0.909. The molecule has 2 heteroatoms. The van der Waals surface area contributed by atoms with Crippen LogP contribution in [0.4, 0.5) is 0 Å². The summed E-state index contributed by atoms with van der Waals surface area (Å²) in [5, 5.41) is 0. The smallest absolute Gasteiger partial charge is 0.155 e. The van der Waals surface area contributed by atoms with E-state index in [-0.39, 0.29) is 0 Å². The van der Waals surface area contributed by atoms with Gasteiger partial charge in [0.2, 0.25) is 0 Å². The Hall–Kier alpha value is -1.31. The number of pyridine rings is 1. The van der Waals surface area contributed by atoms with Crippen LogP contribution in [0.15, 0.2) is 22.7 Å². The molecular weight excluding hydrogens is 138 g/mol. The molecule has 0 bridgehead atoms. The summed E-state index contributed by atoms with van der Waals surface area (Å²) >= 11 is 0. The minimum Gasteiger partial charge on any atom is -0.459 e.